The first kappa shape index (κ1) is 11.4. The van der Waals surface area contributed by atoms with E-state index in [2.05, 4.69) is 0 Å². The maximum absolute atomic E-state index is 9.97. The van der Waals surface area contributed by atoms with Gasteiger partial charge in [-0.3, -0.25) is 0 Å². The van der Waals surface area contributed by atoms with Crippen molar-refractivity contribution >= 4 is 50.3 Å². The zero-order valence-corrected chi connectivity index (χ0v) is 23.7. The van der Waals surface area contributed by atoms with E-state index >= 15 is 0 Å². The number of rotatable bonds is 3. The van der Waals surface area contributed by atoms with E-state index in [-0.39, 0.29) is 26.9 Å². The van der Waals surface area contributed by atoms with Gasteiger partial charge in [-0.25, -0.2) is 0 Å². The first-order valence-corrected chi connectivity index (χ1v) is 14.6. The third-order valence-electron chi connectivity index (χ3n) is 7.61. The van der Waals surface area contributed by atoms with Crippen molar-refractivity contribution in [3.8, 4) is 50.6 Å². The fourth-order valence-corrected chi connectivity index (χ4v) is 6.94. The highest BCUT2D eigenvalue weighted by Gasteiger charge is 2.38. The van der Waals surface area contributed by atoms with Gasteiger partial charge >= 0.3 is 0 Å². The Bertz CT molecular complexity index is 3830. The molecule has 214 valence electrons. The first-order valence-electron chi connectivity index (χ1n) is 26.2. The SMILES string of the molecule is [2H]c1cc(-c2c([2H])c([2H])c3c(c2[2H])SB2c4c([2H])c([2H])c([2H])c([2H])c4Oc4c([2H])c(-c5c([2H])c([2H])c([2H])c(-n6c7c([2H])c([2H])c([2H])c([2H])c7c7c([2H])c([2H])c([2H])c([2H])c76)c5[2H])c([2H])c-3c42)c([2H])c([2H])c1[2H]. The van der Waals surface area contributed by atoms with Crippen LogP contribution in [0.15, 0.2) is 162 Å². The van der Waals surface area contributed by atoms with Crippen molar-refractivity contribution in [3.63, 3.8) is 0 Å². The summed E-state index contributed by atoms with van der Waals surface area (Å²) in [5.41, 5.74) is -5.27. The third kappa shape index (κ3) is 3.87. The topological polar surface area (TPSA) is 14.2 Å². The molecule has 0 N–H and O–H groups in total. The Morgan fingerprint density at radius 2 is 1.28 bits per heavy atom. The lowest BCUT2D eigenvalue weighted by molar-refractivity contribution is 0.488. The van der Waals surface area contributed by atoms with Crippen molar-refractivity contribution in [1.29, 1.82) is 0 Å². The van der Waals surface area contributed by atoms with Crippen molar-refractivity contribution in [3.05, 3.63) is 157 Å². The van der Waals surface area contributed by atoms with Gasteiger partial charge in [-0.05, 0) is 92.6 Å². The highest BCUT2D eigenvalue weighted by molar-refractivity contribution is 8.28. The Hall–Kier alpha value is -5.45. The summed E-state index contributed by atoms with van der Waals surface area (Å²) >= 11 is 0.730. The molecule has 0 spiro atoms. The molecule has 0 aliphatic carbocycles. The van der Waals surface area contributed by atoms with Gasteiger partial charge in [-0.15, -0.1) is 0 Å². The smallest absolute Gasteiger partial charge is 0.289 e. The summed E-state index contributed by atoms with van der Waals surface area (Å²) in [6.45, 7) is 0. The number of nitrogens with zero attached hydrogens (tertiary/aromatic N) is 1. The van der Waals surface area contributed by atoms with Crippen molar-refractivity contribution in [2.45, 2.75) is 4.90 Å². The highest BCUT2D eigenvalue weighted by Crippen LogP contribution is 2.46. The van der Waals surface area contributed by atoms with Gasteiger partial charge in [0.1, 0.15) is 11.5 Å². The number of ether oxygens (including phenoxy) is 1. The summed E-state index contributed by atoms with van der Waals surface area (Å²) in [4.78, 5) is -0.219. The van der Waals surface area contributed by atoms with Gasteiger partial charge in [0.15, 0.2) is 0 Å². The van der Waals surface area contributed by atoms with E-state index in [0.29, 0.717) is 0 Å². The molecule has 0 saturated heterocycles. The normalized spacial score (nSPS) is 20.4. The van der Waals surface area contributed by atoms with E-state index in [9.17, 15) is 11.0 Å². The maximum atomic E-state index is 9.97. The van der Waals surface area contributed by atoms with E-state index in [1.54, 1.807) is 0 Å². The second-order valence-corrected chi connectivity index (χ2v) is 11.2. The van der Waals surface area contributed by atoms with Gasteiger partial charge in [0.05, 0.1) is 45.3 Å². The molecule has 2 aliphatic rings. The summed E-state index contributed by atoms with van der Waals surface area (Å²) in [5, 5.41) is -0.883. The second-order valence-electron chi connectivity index (χ2n) is 10.1. The molecule has 3 heterocycles. The van der Waals surface area contributed by atoms with E-state index in [0.717, 1.165) is 22.2 Å². The highest BCUT2D eigenvalue weighted by atomic mass is 32.2. The number of para-hydroxylation sites is 3. The molecule has 4 heteroatoms. The first-order chi connectivity index (χ1) is 33.2. The summed E-state index contributed by atoms with van der Waals surface area (Å²) in [6, 6.07) is -18.3. The zero-order chi connectivity index (χ0) is 51.9. The minimum atomic E-state index is -1.38. The van der Waals surface area contributed by atoms with E-state index in [1.165, 1.54) is 0 Å². The van der Waals surface area contributed by atoms with Gasteiger partial charge in [0.25, 0.3) is 5.99 Å². The van der Waals surface area contributed by atoms with Crippen LogP contribution in [-0.4, -0.2) is 10.6 Å². The van der Waals surface area contributed by atoms with Crippen LogP contribution in [0.1, 0.15) is 34.3 Å². The zero-order valence-electron chi connectivity index (χ0n) is 47.9. The standard InChI is InChI=1S/C42H26BNOS/c1-2-11-27(12-3-1)29-21-22-34-35-24-30(25-40-42(35)43(46-41(34)26-29)36-17-6-9-20-39(36)45-40)28-13-10-14-31(23-28)44-37-18-7-4-15-32(37)33-16-5-8-19-38(33)44/h1-26H/i1D,2D,3D,4D,5D,6D,7D,8D,9D,10D,11D,13D,14D,15D,16D,17D,18D,19D,20D,21D,22D,23D,24D,25D,26D. The van der Waals surface area contributed by atoms with Gasteiger partial charge in [-0.2, -0.15) is 11.6 Å². The van der Waals surface area contributed by atoms with Crippen LogP contribution in [0.3, 0.4) is 0 Å². The largest absolute Gasteiger partial charge is 0.458 e. The summed E-state index contributed by atoms with van der Waals surface area (Å²) in [6.07, 6.45) is 0. The molecule has 0 saturated carbocycles. The molecule has 0 bridgehead atoms. The molecule has 0 fully saturated rings. The average molecular weight is 629 g/mol. The van der Waals surface area contributed by atoms with Crippen LogP contribution in [-0.2, 0) is 0 Å². The maximum Gasteiger partial charge on any atom is 0.289 e. The van der Waals surface area contributed by atoms with Crippen LogP contribution in [0, 0.1) is 0 Å². The molecule has 0 unspecified atom stereocenters. The van der Waals surface area contributed by atoms with Crippen molar-refractivity contribution < 1.29 is 39.0 Å². The molecule has 0 amide bonds. The fraction of sp³-hybridized carbons (Fsp3) is 0. The van der Waals surface area contributed by atoms with Crippen LogP contribution in [0.25, 0.3) is 60.9 Å². The summed E-state index contributed by atoms with van der Waals surface area (Å²) in [7, 11) is 0. The molecule has 2 aliphatic heterocycles. The number of fused-ring (bicyclic) bond motifs is 7. The lowest BCUT2D eigenvalue weighted by Gasteiger charge is -2.33. The molecule has 0 radical (unpaired) electrons. The number of hydrogen-bond donors (Lipinski definition) is 0. The molecule has 0 atom stereocenters. The molecular formula is C42H26BNOS. The Labute approximate surface area is 307 Å². The number of benzene rings is 7. The molecule has 46 heavy (non-hydrogen) atoms. The van der Waals surface area contributed by atoms with Gasteiger partial charge in [0, 0.05) is 21.4 Å². The van der Waals surface area contributed by atoms with Crippen LogP contribution >= 0.6 is 11.6 Å². The van der Waals surface area contributed by atoms with Crippen molar-refractivity contribution in [1.82, 2.24) is 4.57 Å². The molecule has 2 nitrogen and oxygen atoms in total. The molecule has 8 aromatic rings. The molecule has 7 aromatic carbocycles. The number of aromatic nitrogens is 1. The Balaban J connectivity index is 1.39. The van der Waals surface area contributed by atoms with E-state index < -0.39 is 218 Å². The summed E-state index contributed by atoms with van der Waals surface area (Å²) in [5.74, 6) is -2.43. The number of hydrogen-bond acceptors (Lipinski definition) is 2. The van der Waals surface area contributed by atoms with E-state index in [4.69, 9.17) is 28.0 Å². The Morgan fingerprint density at radius 3 is 2.15 bits per heavy atom. The predicted octanol–water partition coefficient (Wildman–Crippen LogP) is 10.1. The van der Waals surface area contributed by atoms with Crippen LogP contribution in [0.5, 0.6) is 11.5 Å². The Morgan fingerprint density at radius 1 is 0.543 bits per heavy atom. The fourth-order valence-electron chi connectivity index (χ4n) is 5.65. The van der Waals surface area contributed by atoms with Crippen LogP contribution in [0.2, 0.25) is 0 Å². The van der Waals surface area contributed by atoms with Gasteiger partial charge in [-0.1, -0.05) is 109 Å². The lowest BCUT2D eigenvalue weighted by atomic mass is 9.57. The average Bonchev–Trinajstić information content (AvgIpc) is 3.69. The van der Waals surface area contributed by atoms with Gasteiger partial charge < -0.3 is 9.30 Å². The van der Waals surface area contributed by atoms with E-state index in [1.807, 2.05) is 0 Å². The monoisotopic (exact) mass is 628 g/mol. The second kappa shape index (κ2) is 10.0. The summed E-state index contributed by atoms with van der Waals surface area (Å²) < 4.78 is 230. The van der Waals surface area contributed by atoms with Crippen molar-refractivity contribution in [2.24, 2.45) is 0 Å². The van der Waals surface area contributed by atoms with Gasteiger partial charge in [0.2, 0.25) is 0 Å². The molecule has 1 aromatic heterocycles. The Kier molecular flexibility index (Phi) is 2.49. The molecular weight excluding hydrogens is 577 g/mol. The lowest BCUT2D eigenvalue weighted by Crippen LogP contribution is -2.46. The third-order valence-corrected chi connectivity index (χ3v) is 8.86. The van der Waals surface area contributed by atoms with Crippen LogP contribution < -0.4 is 15.7 Å². The minimum Gasteiger partial charge on any atom is -0.458 e. The van der Waals surface area contributed by atoms with Crippen molar-refractivity contribution in [2.75, 3.05) is 0 Å². The quantitative estimate of drug-likeness (QED) is 0.181. The molecule has 10 rings (SSSR count). The predicted molar refractivity (Wildman–Crippen MR) is 194 cm³/mol. The minimum absolute atomic E-state index is 0.156. The van der Waals surface area contributed by atoms with Crippen LogP contribution in [0.4, 0.5) is 0 Å².